The van der Waals surface area contributed by atoms with Crippen LogP contribution in [0.2, 0.25) is 0 Å². The van der Waals surface area contributed by atoms with Gasteiger partial charge in [0.1, 0.15) is 0 Å². The van der Waals surface area contributed by atoms with Crippen molar-refractivity contribution >= 4 is 21.6 Å². The molecule has 1 unspecified atom stereocenters. The summed E-state index contributed by atoms with van der Waals surface area (Å²) in [7, 11) is -3.11. The highest BCUT2D eigenvalue weighted by atomic mass is 32.2. The lowest BCUT2D eigenvalue weighted by molar-refractivity contribution is 0.344. The smallest absolute Gasteiger partial charge is 0.175 e. The summed E-state index contributed by atoms with van der Waals surface area (Å²) in [5, 5.41) is 0. The van der Waals surface area contributed by atoms with Crippen LogP contribution in [-0.2, 0) is 9.84 Å². The Morgan fingerprint density at radius 3 is 2.11 bits per heavy atom. The van der Waals surface area contributed by atoms with E-state index in [1.54, 1.807) is 23.9 Å². The highest BCUT2D eigenvalue weighted by molar-refractivity contribution is 7.99. The molecule has 1 atom stereocenters. The van der Waals surface area contributed by atoms with Gasteiger partial charge in [0, 0.05) is 22.9 Å². The van der Waals surface area contributed by atoms with Gasteiger partial charge in [-0.2, -0.15) is 0 Å². The van der Waals surface area contributed by atoms with Crippen LogP contribution in [0.25, 0.3) is 0 Å². The maximum atomic E-state index is 11.3. The van der Waals surface area contributed by atoms with Crippen LogP contribution in [-0.4, -0.2) is 26.5 Å². The molecule has 0 aliphatic rings. The molecule has 0 radical (unpaired) electrons. The Bertz CT molecular complexity index is 487. The van der Waals surface area contributed by atoms with E-state index >= 15 is 0 Å². The molecule has 0 spiro atoms. The Kier molecular flexibility index (Phi) is 4.86. The summed E-state index contributed by atoms with van der Waals surface area (Å²) in [4.78, 5) is 1.40. The normalized spacial score (nSPS) is 14.5. The molecule has 1 aromatic carbocycles. The maximum absolute atomic E-state index is 11.3. The molecule has 2 N–H and O–H groups in total. The van der Waals surface area contributed by atoms with Gasteiger partial charge >= 0.3 is 0 Å². The Labute approximate surface area is 114 Å². The molecule has 1 aromatic rings. The number of rotatable bonds is 4. The molecular weight excluding hydrogens is 266 g/mol. The van der Waals surface area contributed by atoms with Crippen molar-refractivity contribution in [3.8, 4) is 0 Å². The number of benzene rings is 1. The summed E-state index contributed by atoms with van der Waals surface area (Å²) in [6, 6.07) is 7.05. The van der Waals surface area contributed by atoms with E-state index in [1.165, 1.54) is 6.26 Å². The summed E-state index contributed by atoms with van der Waals surface area (Å²) >= 11 is 1.65. The van der Waals surface area contributed by atoms with E-state index in [9.17, 15) is 8.42 Å². The second-order valence-electron chi connectivity index (χ2n) is 5.53. The molecule has 0 aliphatic carbocycles. The fraction of sp³-hybridized carbons (Fsp3) is 0.538. The summed E-state index contributed by atoms with van der Waals surface area (Å²) in [6.45, 7) is 6.35. The van der Waals surface area contributed by atoms with Crippen molar-refractivity contribution in [2.45, 2.75) is 36.6 Å². The maximum Gasteiger partial charge on any atom is 0.175 e. The van der Waals surface area contributed by atoms with Crippen LogP contribution < -0.4 is 5.73 Å². The molecule has 0 heterocycles. The monoisotopic (exact) mass is 287 g/mol. The first-order valence-electron chi connectivity index (χ1n) is 5.79. The van der Waals surface area contributed by atoms with Crippen LogP contribution in [0.15, 0.2) is 34.1 Å². The Balaban J connectivity index is 2.66. The number of hydrogen-bond acceptors (Lipinski definition) is 4. The largest absolute Gasteiger partial charge is 0.326 e. The predicted octanol–water partition coefficient (Wildman–Crippen LogP) is 2.56. The van der Waals surface area contributed by atoms with E-state index in [0.717, 1.165) is 10.6 Å². The van der Waals surface area contributed by atoms with Gasteiger partial charge in [-0.15, -0.1) is 11.8 Å². The van der Waals surface area contributed by atoms with Gasteiger partial charge in [0.05, 0.1) is 4.90 Å². The van der Waals surface area contributed by atoms with Gasteiger partial charge in [-0.1, -0.05) is 20.8 Å². The summed E-state index contributed by atoms with van der Waals surface area (Å²) in [6.07, 6.45) is 1.21. The minimum Gasteiger partial charge on any atom is -0.326 e. The minimum absolute atomic E-state index is 0.0830. The quantitative estimate of drug-likeness (QED) is 0.865. The molecule has 0 amide bonds. The number of thioether (sulfide) groups is 1. The van der Waals surface area contributed by atoms with Crippen molar-refractivity contribution in [3.05, 3.63) is 24.3 Å². The third-order valence-electron chi connectivity index (χ3n) is 2.79. The lowest BCUT2D eigenvalue weighted by atomic mass is 9.89. The van der Waals surface area contributed by atoms with E-state index in [1.807, 2.05) is 12.1 Å². The number of nitrogens with two attached hydrogens (primary N) is 1. The first kappa shape index (κ1) is 15.5. The summed E-state index contributed by atoms with van der Waals surface area (Å²) in [5.41, 5.74) is 6.16. The highest BCUT2D eigenvalue weighted by Crippen LogP contribution is 2.26. The molecule has 102 valence electrons. The van der Waals surface area contributed by atoms with Gasteiger partial charge in [0.15, 0.2) is 9.84 Å². The SMILES string of the molecule is CC(C)(C)C(N)CSc1ccc(S(C)(=O)=O)cc1. The molecule has 0 aromatic heterocycles. The van der Waals surface area contributed by atoms with Crippen LogP contribution >= 0.6 is 11.8 Å². The molecule has 0 fully saturated rings. The van der Waals surface area contributed by atoms with E-state index in [2.05, 4.69) is 20.8 Å². The average Bonchev–Trinajstić information content (AvgIpc) is 2.24. The zero-order chi connectivity index (χ0) is 14.0. The molecule has 0 saturated carbocycles. The third kappa shape index (κ3) is 4.63. The Morgan fingerprint density at radius 1 is 1.22 bits per heavy atom. The standard InChI is InChI=1S/C13H21NO2S2/c1-13(2,3)12(14)9-17-10-5-7-11(8-6-10)18(4,15)16/h5-8,12H,9,14H2,1-4H3. The Morgan fingerprint density at radius 2 is 1.72 bits per heavy atom. The van der Waals surface area contributed by atoms with Gasteiger partial charge in [-0.25, -0.2) is 8.42 Å². The van der Waals surface area contributed by atoms with Crippen molar-refractivity contribution in [2.75, 3.05) is 12.0 Å². The van der Waals surface area contributed by atoms with Crippen molar-refractivity contribution in [1.82, 2.24) is 0 Å². The second-order valence-corrected chi connectivity index (χ2v) is 8.64. The van der Waals surface area contributed by atoms with Crippen molar-refractivity contribution in [2.24, 2.45) is 11.1 Å². The summed E-state index contributed by atoms with van der Waals surface area (Å²) in [5.74, 6) is 0.821. The van der Waals surface area contributed by atoms with Crippen LogP contribution in [0.4, 0.5) is 0 Å². The lowest BCUT2D eigenvalue weighted by Crippen LogP contribution is -2.37. The first-order chi connectivity index (χ1) is 8.10. The van der Waals surface area contributed by atoms with E-state index in [0.29, 0.717) is 4.90 Å². The zero-order valence-corrected chi connectivity index (χ0v) is 12.9. The third-order valence-corrected chi connectivity index (χ3v) is 5.05. The lowest BCUT2D eigenvalue weighted by Gasteiger charge is -2.26. The second kappa shape index (κ2) is 5.63. The van der Waals surface area contributed by atoms with E-state index in [-0.39, 0.29) is 11.5 Å². The number of sulfone groups is 1. The van der Waals surface area contributed by atoms with E-state index < -0.39 is 9.84 Å². The van der Waals surface area contributed by atoms with Crippen LogP contribution in [0.1, 0.15) is 20.8 Å². The predicted molar refractivity (Wildman–Crippen MR) is 77.7 cm³/mol. The van der Waals surface area contributed by atoms with Crippen molar-refractivity contribution in [3.63, 3.8) is 0 Å². The first-order valence-corrected chi connectivity index (χ1v) is 8.67. The van der Waals surface area contributed by atoms with Gasteiger partial charge in [-0.05, 0) is 29.7 Å². The molecule has 0 bridgehead atoms. The van der Waals surface area contributed by atoms with Gasteiger partial charge in [0.25, 0.3) is 0 Å². The average molecular weight is 287 g/mol. The fourth-order valence-corrected chi connectivity index (χ4v) is 3.05. The zero-order valence-electron chi connectivity index (χ0n) is 11.3. The molecular formula is C13H21NO2S2. The van der Waals surface area contributed by atoms with Crippen LogP contribution in [0.5, 0.6) is 0 Å². The molecule has 0 aliphatic heterocycles. The van der Waals surface area contributed by atoms with Crippen molar-refractivity contribution in [1.29, 1.82) is 0 Å². The topological polar surface area (TPSA) is 60.2 Å². The molecule has 0 saturated heterocycles. The summed E-state index contributed by atoms with van der Waals surface area (Å²) < 4.78 is 22.6. The van der Waals surface area contributed by atoms with E-state index in [4.69, 9.17) is 5.73 Å². The molecule has 5 heteroatoms. The van der Waals surface area contributed by atoms with Crippen molar-refractivity contribution < 1.29 is 8.42 Å². The molecule has 1 rings (SSSR count). The van der Waals surface area contributed by atoms with Gasteiger partial charge in [0.2, 0.25) is 0 Å². The minimum atomic E-state index is -3.11. The highest BCUT2D eigenvalue weighted by Gasteiger charge is 2.20. The van der Waals surface area contributed by atoms with Gasteiger partial charge < -0.3 is 5.73 Å². The van der Waals surface area contributed by atoms with Gasteiger partial charge in [-0.3, -0.25) is 0 Å². The fourth-order valence-electron chi connectivity index (χ4n) is 1.22. The molecule has 18 heavy (non-hydrogen) atoms. The molecule has 3 nitrogen and oxygen atoms in total. The van der Waals surface area contributed by atoms with Crippen LogP contribution in [0, 0.1) is 5.41 Å². The number of hydrogen-bond donors (Lipinski definition) is 1. The Hall–Kier alpha value is -0.520. The van der Waals surface area contributed by atoms with Crippen LogP contribution in [0.3, 0.4) is 0 Å².